The Morgan fingerprint density at radius 1 is 1.24 bits per heavy atom. The lowest BCUT2D eigenvalue weighted by Crippen LogP contribution is -2.46. The summed E-state index contributed by atoms with van der Waals surface area (Å²) in [6.07, 6.45) is 0. The molecule has 1 aromatic carbocycles. The zero-order valence-electron chi connectivity index (χ0n) is 13.1. The maximum absolute atomic E-state index is 12.2. The topological polar surface area (TPSA) is 78.7 Å². The van der Waals surface area contributed by atoms with Crippen molar-refractivity contribution < 1.29 is 9.59 Å². The van der Waals surface area contributed by atoms with E-state index < -0.39 is 6.04 Å². The third-order valence-electron chi connectivity index (χ3n) is 3.35. The van der Waals surface area contributed by atoms with E-state index in [9.17, 15) is 9.59 Å². The van der Waals surface area contributed by atoms with Crippen molar-refractivity contribution >= 4 is 23.2 Å². The molecule has 0 spiro atoms. The van der Waals surface area contributed by atoms with E-state index >= 15 is 0 Å². The van der Waals surface area contributed by atoms with Crippen LogP contribution in [0.15, 0.2) is 24.3 Å². The van der Waals surface area contributed by atoms with E-state index in [1.54, 1.807) is 45.3 Å². The minimum Gasteiger partial charge on any atom is -0.399 e. The molecule has 0 radical (unpaired) electrons. The van der Waals surface area contributed by atoms with E-state index in [1.165, 1.54) is 4.90 Å². The van der Waals surface area contributed by atoms with E-state index in [2.05, 4.69) is 5.32 Å². The molecule has 2 amide bonds. The van der Waals surface area contributed by atoms with Crippen LogP contribution < -0.4 is 11.1 Å². The van der Waals surface area contributed by atoms with E-state index in [0.717, 1.165) is 0 Å². The van der Waals surface area contributed by atoms with Crippen LogP contribution in [0.5, 0.6) is 0 Å². The van der Waals surface area contributed by atoms with Gasteiger partial charge < -0.3 is 16.0 Å². The Kier molecular flexibility index (Phi) is 6.17. The Morgan fingerprint density at radius 2 is 1.81 bits per heavy atom. The maximum Gasteiger partial charge on any atom is 0.241 e. The van der Waals surface area contributed by atoms with Crippen LogP contribution in [0.1, 0.15) is 13.8 Å². The number of rotatable bonds is 6. The molecule has 0 aliphatic rings. The second-order valence-corrected chi connectivity index (χ2v) is 5.14. The predicted octanol–water partition coefficient (Wildman–Crippen LogP) is 1.01. The van der Waals surface area contributed by atoms with Gasteiger partial charge in [0.1, 0.15) is 0 Å². The second kappa shape index (κ2) is 7.64. The molecule has 6 heteroatoms. The molecule has 0 saturated heterocycles. The fourth-order valence-corrected chi connectivity index (χ4v) is 1.82. The largest absolute Gasteiger partial charge is 0.399 e. The Balaban J connectivity index is 2.66. The van der Waals surface area contributed by atoms with Crippen molar-refractivity contribution in [2.24, 2.45) is 0 Å². The monoisotopic (exact) mass is 292 g/mol. The van der Waals surface area contributed by atoms with Crippen molar-refractivity contribution in [3.8, 4) is 0 Å². The highest BCUT2D eigenvalue weighted by Crippen LogP contribution is 2.12. The minimum absolute atomic E-state index is 0.0241. The number of hydrogen-bond donors (Lipinski definition) is 2. The number of carbonyl (C=O) groups is 2. The maximum atomic E-state index is 12.2. The van der Waals surface area contributed by atoms with Crippen molar-refractivity contribution in [2.75, 3.05) is 38.2 Å². The molecule has 0 saturated carbocycles. The number of hydrogen-bond acceptors (Lipinski definition) is 4. The molecule has 1 unspecified atom stereocenters. The predicted molar refractivity (Wildman–Crippen MR) is 84.9 cm³/mol. The third kappa shape index (κ3) is 5.07. The van der Waals surface area contributed by atoms with E-state index in [1.807, 2.05) is 11.8 Å². The standard InChI is InChI=1S/C15H24N4O2/c1-5-19(10-14(20)18(3)4)11(2)15(21)17-13-8-6-12(16)7-9-13/h6-9,11H,5,10,16H2,1-4H3,(H,17,21). The number of amides is 2. The van der Waals surface area contributed by atoms with Crippen molar-refractivity contribution in [1.82, 2.24) is 9.80 Å². The van der Waals surface area contributed by atoms with Gasteiger partial charge in [-0.3, -0.25) is 14.5 Å². The molecule has 6 nitrogen and oxygen atoms in total. The van der Waals surface area contributed by atoms with Crippen LogP contribution in [0, 0.1) is 0 Å². The first kappa shape index (κ1) is 17.0. The molecule has 3 N–H and O–H groups in total. The highest BCUT2D eigenvalue weighted by atomic mass is 16.2. The second-order valence-electron chi connectivity index (χ2n) is 5.14. The van der Waals surface area contributed by atoms with E-state index in [-0.39, 0.29) is 18.4 Å². The Morgan fingerprint density at radius 3 is 2.29 bits per heavy atom. The van der Waals surface area contributed by atoms with Crippen molar-refractivity contribution in [3.05, 3.63) is 24.3 Å². The third-order valence-corrected chi connectivity index (χ3v) is 3.35. The fourth-order valence-electron chi connectivity index (χ4n) is 1.82. The van der Waals surface area contributed by atoms with Crippen molar-refractivity contribution in [1.29, 1.82) is 0 Å². The Bertz CT molecular complexity index is 485. The van der Waals surface area contributed by atoms with Crippen molar-refractivity contribution in [2.45, 2.75) is 19.9 Å². The van der Waals surface area contributed by atoms with Gasteiger partial charge in [-0.05, 0) is 37.7 Å². The molecule has 1 aromatic rings. The van der Waals surface area contributed by atoms with E-state index in [4.69, 9.17) is 5.73 Å². The molecule has 0 heterocycles. The molecule has 116 valence electrons. The molecule has 0 aromatic heterocycles. The molecular formula is C15H24N4O2. The molecule has 0 bridgehead atoms. The van der Waals surface area contributed by atoms with Gasteiger partial charge in [-0.2, -0.15) is 0 Å². The molecule has 0 aliphatic carbocycles. The lowest BCUT2D eigenvalue weighted by molar-refractivity contribution is -0.131. The van der Waals surface area contributed by atoms with Crippen LogP contribution >= 0.6 is 0 Å². The summed E-state index contributed by atoms with van der Waals surface area (Å²) in [5.74, 6) is -0.169. The summed E-state index contributed by atoms with van der Waals surface area (Å²) in [5, 5.41) is 2.83. The van der Waals surface area contributed by atoms with Gasteiger partial charge in [0.2, 0.25) is 11.8 Å². The van der Waals surface area contributed by atoms with Gasteiger partial charge in [0, 0.05) is 25.5 Å². The summed E-state index contributed by atoms with van der Waals surface area (Å²) in [6, 6.07) is 6.57. The van der Waals surface area contributed by atoms with Crippen LogP contribution in [-0.2, 0) is 9.59 Å². The molecule has 0 fully saturated rings. The zero-order valence-corrected chi connectivity index (χ0v) is 13.1. The summed E-state index contributed by atoms with van der Waals surface area (Å²) >= 11 is 0. The highest BCUT2D eigenvalue weighted by molar-refractivity contribution is 5.95. The van der Waals surface area contributed by atoms with Crippen LogP contribution in [-0.4, -0.2) is 54.8 Å². The molecule has 0 aliphatic heterocycles. The normalized spacial score (nSPS) is 12.0. The summed E-state index contributed by atoms with van der Waals surface area (Å²) in [7, 11) is 3.41. The number of nitrogens with zero attached hydrogens (tertiary/aromatic N) is 2. The van der Waals surface area contributed by atoms with Crippen molar-refractivity contribution in [3.63, 3.8) is 0 Å². The van der Waals surface area contributed by atoms with Gasteiger partial charge in [0.15, 0.2) is 0 Å². The number of carbonyl (C=O) groups excluding carboxylic acids is 2. The number of nitrogen functional groups attached to an aromatic ring is 1. The fraction of sp³-hybridized carbons (Fsp3) is 0.467. The number of benzene rings is 1. The highest BCUT2D eigenvalue weighted by Gasteiger charge is 2.22. The Hall–Kier alpha value is -2.08. The number of likely N-dealkylation sites (N-methyl/N-ethyl adjacent to an activating group) is 2. The lowest BCUT2D eigenvalue weighted by atomic mass is 10.2. The summed E-state index contributed by atoms with van der Waals surface area (Å²) in [4.78, 5) is 27.4. The minimum atomic E-state index is -0.392. The quantitative estimate of drug-likeness (QED) is 0.767. The average Bonchev–Trinajstić information content (AvgIpc) is 2.45. The van der Waals surface area contributed by atoms with E-state index in [0.29, 0.717) is 17.9 Å². The first-order valence-electron chi connectivity index (χ1n) is 6.95. The number of nitrogens with one attached hydrogen (secondary N) is 1. The number of anilines is 2. The molecule has 1 atom stereocenters. The van der Waals surface area contributed by atoms with Gasteiger partial charge in [-0.25, -0.2) is 0 Å². The molecular weight excluding hydrogens is 268 g/mol. The smallest absolute Gasteiger partial charge is 0.241 e. The first-order valence-corrected chi connectivity index (χ1v) is 6.95. The first-order chi connectivity index (χ1) is 9.85. The van der Waals surface area contributed by atoms with Gasteiger partial charge >= 0.3 is 0 Å². The van der Waals surface area contributed by atoms with Crippen LogP contribution in [0.2, 0.25) is 0 Å². The van der Waals surface area contributed by atoms with Gasteiger partial charge in [-0.1, -0.05) is 6.92 Å². The van der Waals surface area contributed by atoms with Crippen LogP contribution in [0.25, 0.3) is 0 Å². The van der Waals surface area contributed by atoms with Gasteiger partial charge in [0.25, 0.3) is 0 Å². The van der Waals surface area contributed by atoms with Crippen LogP contribution in [0.4, 0.5) is 11.4 Å². The number of nitrogens with two attached hydrogens (primary N) is 1. The van der Waals surface area contributed by atoms with Crippen LogP contribution in [0.3, 0.4) is 0 Å². The van der Waals surface area contributed by atoms with Gasteiger partial charge in [0.05, 0.1) is 12.6 Å². The zero-order chi connectivity index (χ0) is 16.0. The van der Waals surface area contributed by atoms with Gasteiger partial charge in [-0.15, -0.1) is 0 Å². The Labute approximate surface area is 125 Å². The lowest BCUT2D eigenvalue weighted by Gasteiger charge is -2.27. The molecule has 1 rings (SSSR count). The molecule has 21 heavy (non-hydrogen) atoms. The summed E-state index contributed by atoms with van der Waals surface area (Å²) < 4.78 is 0. The SMILES string of the molecule is CCN(CC(=O)N(C)C)C(C)C(=O)Nc1ccc(N)cc1. The summed E-state index contributed by atoms with van der Waals surface area (Å²) in [5.41, 5.74) is 6.94. The average molecular weight is 292 g/mol. The summed E-state index contributed by atoms with van der Waals surface area (Å²) in [6.45, 7) is 4.56.